The molecule has 2 aromatic carbocycles. The number of oxazole rings is 1. The number of benzene rings is 2. The molecule has 6 heteroatoms. The van der Waals surface area contributed by atoms with Gasteiger partial charge in [-0.05, 0) is 43.3 Å². The zero-order valence-electron chi connectivity index (χ0n) is 12.8. The van der Waals surface area contributed by atoms with Crippen LogP contribution < -0.4 is 0 Å². The number of hydrogen-bond acceptors (Lipinski definition) is 5. The van der Waals surface area contributed by atoms with Crippen molar-refractivity contribution in [3.63, 3.8) is 0 Å². The van der Waals surface area contributed by atoms with Gasteiger partial charge in [0.05, 0.1) is 5.69 Å². The summed E-state index contributed by atoms with van der Waals surface area (Å²) in [4.78, 5) is 4.43. The number of nitrogens with zero attached hydrogens (tertiary/aromatic N) is 2. The molecule has 2 heterocycles. The van der Waals surface area contributed by atoms with Gasteiger partial charge in [0.1, 0.15) is 11.3 Å². The number of rotatable bonds is 4. The summed E-state index contributed by atoms with van der Waals surface area (Å²) in [5, 5.41) is 4.72. The van der Waals surface area contributed by atoms with Crippen LogP contribution in [0.3, 0.4) is 0 Å². The van der Waals surface area contributed by atoms with E-state index in [9.17, 15) is 4.39 Å². The number of aromatic nitrogens is 2. The van der Waals surface area contributed by atoms with Crippen molar-refractivity contribution in [3.8, 4) is 11.3 Å². The van der Waals surface area contributed by atoms with Gasteiger partial charge >= 0.3 is 0 Å². The fraction of sp³-hybridized carbons (Fsp3) is 0.111. The van der Waals surface area contributed by atoms with Crippen LogP contribution in [0.25, 0.3) is 22.4 Å². The van der Waals surface area contributed by atoms with Crippen LogP contribution in [0, 0.1) is 12.7 Å². The first-order valence-electron chi connectivity index (χ1n) is 7.40. The minimum absolute atomic E-state index is 0.275. The van der Waals surface area contributed by atoms with Gasteiger partial charge in [0.2, 0.25) is 0 Å². The van der Waals surface area contributed by atoms with E-state index >= 15 is 0 Å². The Morgan fingerprint density at radius 2 is 1.88 bits per heavy atom. The molecule has 4 aromatic rings. The van der Waals surface area contributed by atoms with E-state index in [1.165, 1.54) is 23.9 Å². The van der Waals surface area contributed by atoms with E-state index < -0.39 is 0 Å². The minimum Gasteiger partial charge on any atom is -0.431 e. The van der Waals surface area contributed by atoms with Crippen LogP contribution in [0.4, 0.5) is 4.39 Å². The van der Waals surface area contributed by atoms with Gasteiger partial charge in [-0.2, -0.15) is 0 Å². The number of halogens is 1. The van der Waals surface area contributed by atoms with Crippen molar-refractivity contribution in [2.45, 2.75) is 17.9 Å². The van der Waals surface area contributed by atoms with Crippen molar-refractivity contribution >= 4 is 22.9 Å². The Morgan fingerprint density at radius 1 is 1.08 bits per heavy atom. The van der Waals surface area contributed by atoms with Crippen molar-refractivity contribution in [1.29, 1.82) is 0 Å². The highest BCUT2D eigenvalue weighted by atomic mass is 32.2. The lowest BCUT2D eigenvalue weighted by Crippen LogP contribution is -1.85. The first kappa shape index (κ1) is 15.0. The molecule has 4 rings (SSSR count). The van der Waals surface area contributed by atoms with Gasteiger partial charge in [0.25, 0.3) is 5.22 Å². The number of thioether (sulfide) groups is 1. The van der Waals surface area contributed by atoms with E-state index in [2.05, 4.69) is 10.1 Å². The molecule has 4 nitrogen and oxygen atoms in total. The molecule has 0 aliphatic rings. The van der Waals surface area contributed by atoms with E-state index in [1.807, 2.05) is 31.2 Å². The lowest BCUT2D eigenvalue weighted by atomic mass is 10.1. The van der Waals surface area contributed by atoms with Crippen molar-refractivity contribution < 1.29 is 13.3 Å². The highest BCUT2D eigenvalue weighted by molar-refractivity contribution is 7.98. The molecule has 0 fully saturated rings. The molecule has 0 saturated heterocycles. The molecule has 0 spiro atoms. The third-order valence-corrected chi connectivity index (χ3v) is 4.57. The first-order valence-corrected chi connectivity index (χ1v) is 8.39. The summed E-state index contributed by atoms with van der Waals surface area (Å²) < 4.78 is 24.2. The monoisotopic (exact) mass is 340 g/mol. The summed E-state index contributed by atoms with van der Waals surface area (Å²) in [5.74, 6) is 0.967. The highest BCUT2D eigenvalue weighted by Gasteiger charge is 2.15. The summed E-state index contributed by atoms with van der Waals surface area (Å²) >= 11 is 1.46. The van der Waals surface area contributed by atoms with Gasteiger partial charge in [-0.15, -0.1) is 0 Å². The predicted molar refractivity (Wildman–Crippen MR) is 90.2 cm³/mol. The average molecular weight is 340 g/mol. The van der Waals surface area contributed by atoms with Crippen LogP contribution in [-0.2, 0) is 5.75 Å². The third kappa shape index (κ3) is 2.80. The Hall–Kier alpha value is -2.60. The van der Waals surface area contributed by atoms with Crippen LogP contribution >= 0.6 is 11.8 Å². The molecule has 0 atom stereocenters. The van der Waals surface area contributed by atoms with Gasteiger partial charge in [0.15, 0.2) is 11.3 Å². The second-order valence-electron chi connectivity index (χ2n) is 5.33. The highest BCUT2D eigenvalue weighted by Crippen LogP contribution is 2.31. The Morgan fingerprint density at radius 3 is 2.67 bits per heavy atom. The van der Waals surface area contributed by atoms with E-state index in [0.29, 0.717) is 16.7 Å². The van der Waals surface area contributed by atoms with Crippen molar-refractivity contribution in [2.24, 2.45) is 0 Å². The quantitative estimate of drug-likeness (QED) is 0.477. The molecular weight excluding hydrogens is 327 g/mol. The van der Waals surface area contributed by atoms with E-state index in [4.69, 9.17) is 8.94 Å². The van der Waals surface area contributed by atoms with Crippen LogP contribution in [0.15, 0.2) is 62.7 Å². The molecule has 120 valence electrons. The molecule has 0 amide bonds. The summed E-state index contributed by atoms with van der Waals surface area (Å²) in [6, 6.07) is 13.8. The number of para-hydroxylation sites is 2. The average Bonchev–Trinajstić information content (AvgIpc) is 3.17. The summed E-state index contributed by atoms with van der Waals surface area (Å²) in [7, 11) is 0. The Labute approximate surface area is 141 Å². The van der Waals surface area contributed by atoms with Crippen LogP contribution in [0.1, 0.15) is 11.3 Å². The van der Waals surface area contributed by atoms with Gasteiger partial charge in [-0.1, -0.05) is 29.1 Å². The lowest BCUT2D eigenvalue weighted by molar-refractivity contribution is 0.426. The number of hydrogen-bond donors (Lipinski definition) is 0. The van der Waals surface area contributed by atoms with E-state index in [-0.39, 0.29) is 5.82 Å². The fourth-order valence-electron chi connectivity index (χ4n) is 2.42. The first-order chi connectivity index (χ1) is 11.7. The van der Waals surface area contributed by atoms with Gasteiger partial charge in [0, 0.05) is 16.9 Å². The molecule has 0 radical (unpaired) electrons. The molecule has 0 saturated carbocycles. The molecule has 0 N–H and O–H groups in total. The van der Waals surface area contributed by atoms with Gasteiger partial charge < -0.3 is 8.94 Å². The smallest absolute Gasteiger partial charge is 0.257 e. The molecule has 0 aliphatic carbocycles. The topological polar surface area (TPSA) is 52.1 Å². The molecule has 24 heavy (non-hydrogen) atoms. The number of fused-ring (bicyclic) bond motifs is 1. The Kier molecular flexibility index (Phi) is 3.82. The van der Waals surface area contributed by atoms with Crippen LogP contribution in [0.2, 0.25) is 0 Å². The van der Waals surface area contributed by atoms with E-state index in [1.54, 1.807) is 12.1 Å². The molecule has 0 bridgehead atoms. The standard InChI is InChI=1S/C18H13FN2O2S/c1-11-15(21-23-17(11)12-6-8-13(19)9-7-12)10-24-18-20-14-4-2-3-5-16(14)22-18/h2-9H,10H2,1H3. The van der Waals surface area contributed by atoms with E-state index in [0.717, 1.165) is 27.9 Å². The maximum Gasteiger partial charge on any atom is 0.257 e. The Bertz CT molecular complexity index is 959. The third-order valence-electron chi connectivity index (χ3n) is 3.73. The maximum atomic E-state index is 13.0. The normalized spacial score (nSPS) is 11.2. The molecule has 0 aliphatic heterocycles. The van der Waals surface area contributed by atoms with Gasteiger partial charge in [-0.25, -0.2) is 9.37 Å². The zero-order valence-corrected chi connectivity index (χ0v) is 13.6. The maximum absolute atomic E-state index is 13.0. The summed E-state index contributed by atoms with van der Waals surface area (Å²) in [6.07, 6.45) is 0. The SMILES string of the molecule is Cc1c(CSc2nc3ccccc3o2)noc1-c1ccc(F)cc1. The van der Waals surface area contributed by atoms with Crippen molar-refractivity contribution in [3.05, 3.63) is 65.6 Å². The molecular formula is C18H13FN2O2S. The van der Waals surface area contributed by atoms with Crippen LogP contribution in [-0.4, -0.2) is 10.1 Å². The van der Waals surface area contributed by atoms with Gasteiger partial charge in [-0.3, -0.25) is 0 Å². The van der Waals surface area contributed by atoms with Crippen molar-refractivity contribution in [1.82, 2.24) is 10.1 Å². The molecule has 2 aromatic heterocycles. The summed E-state index contributed by atoms with van der Waals surface area (Å²) in [5.41, 5.74) is 4.17. The second kappa shape index (κ2) is 6.13. The molecule has 0 unspecified atom stereocenters. The predicted octanol–water partition coefficient (Wildman–Crippen LogP) is 5.22. The largest absolute Gasteiger partial charge is 0.431 e. The van der Waals surface area contributed by atoms with Crippen molar-refractivity contribution in [2.75, 3.05) is 0 Å². The second-order valence-corrected chi connectivity index (χ2v) is 6.25. The Balaban J connectivity index is 1.54. The fourth-order valence-corrected chi connectivity index (χ4v) is 3.26. The summed E-state index contributed by atoms with van der Waals surface area (Å²) in [6.45, 7) is 1.94. The lowest BCUT2D eigenvalue weighted by Gasteiger charge is -1.98. The minimum atomic E-state index is -0.275. The van der Waals surface area contributed by atoms with Crippen LogP contribution in [0.5, 0.6) is 0 Å². The zero-order chi connectivity index (χ0) is 16.5.